The van der Waals surface area contributed by atoms with E-state index in [-0.39, 0.29) is 29.2 Å². The first-order chi connectivity index (χ1) is 16.5. The number of aliphatic imine (C=N–C) groups is 1. The van der Waals surface area contributed by atoms with Crippen LogP contribution in [0.3, 0.4) is 0 Å². The van der Waals surface area contributed by atoms with Crippen LogP contribution >= 0.6 is 11.3 Å². The maximum Gasteiger partial charge on any atom is 0.343 e. The van der Waals surface area contributed by atoms with Gasteiger partial charge >= 0.3 is 17.6 Å². The van der Waals surface area contributed by atoms with Crippen molar-refractivity contribution in [3.8, 4) is 5.75 Å². The van der Waals surface area contributed by atoms with Crippen LogP contribution in [0.1, 0.15) is 56.5 Å². The third-order valence-corrected chi connectivity index (χ3v) is 6.58. The highest BCUT2D eigenvalue weighted by Gasteiger charge is 2.27. The third kappa shape index (κ3) is 4.89. The predicted molar refractivity (Wildman–Crippen MR) is 129 cm³/mol. The van der Waals surface area contributed by atoms with E-state index in [1.54, 1.807) is 43.3 Å². The number of carbonyl (C=O) groups is 2. The molecule has 0 spiro atoms. The Hall–Kier alpha value is -3.85. The number of nitrogens with zero attached hydrogens (tertiary/aromatic N) is 2. The van der Waals surface area contributed by atoms with E-state index in [4.69, 9.17) is 9.47 Å². The van der Waals surface area contributed by atoms with Gasteiger partial charge in [-0.15, -0.1) is 11.3 Å². The highest BCUT2D eigenvalue weighted by Crippen LogP contribution is 2.40. The van der Waals surface area contributed by atoms with Crippen molar-refractivity contribution < 1.29 is 24.0 Å². The highest BCUT2D eigenvalue weighted by atomic mass is 32.1. The molecular formula is C25H22N2O6S. The Balaban J connectivity index is 1.73. The van der Waals surface area contributed by atoms with Gasteiger partial charge in [-0.2, -0.15) is 0 Å². The van der Waals surface area contributed by atoms with Crippen molar-refractivity contribution in [1.82, 2.24) is 0 Å². The van der Waals surface area contributed by atoms with Gasteiger partial charge in [0.25, 0.3) is 0 Å². The second-order valence-electron chi connectivity index (χ2n) is 7.58. The number of nitro benzene ring substituents is 1. The highest BCUT2D eigenvalue weighted by molar-refractivity contribution is 7.16. The smallest absolute Gasteiger partial charge is 0.343 e. The van der Waals surface area contributed by atoms with E-state index in [0.717, 1.165) is 36.1 Å². The number of para-hydroxylation sites is 1. The third-order valence-electron chi connectivity index (χ3n) is 5.38. The molecule has 1 aliphatic rings. The number of esters is 2. The Labute approximate surface area is 200 Å². The van der Waals surface area contributed by atoms with Crippen molar-refractivity contribution in [1.29, 1.82) is 0 Å². The molecule has 3 aromatic rings. The predicted octanol–water partition coefficient (Wildman–Crippen LogP) is 5.68. The quantitative estimate of drug-likeness (QED) is 0.142. The number of ether oxygens (including phenoxy) is 2. The van der Waals surface area contributed by atoms with Crippen molar-refractivity contribution in [2.45, 2.75) is 32.6 Å². The summed E-state index contributed by atoms with van der Waals surface area (Å²) >= 11 is 1.42. The summed E-state index contributed by atoms with van der Waals surface area (Å²) in [6.45, 7) is 1.99. The van der Waals surface area contributed by atoms with E-state index >= 15 is 0 Å². The number of carbonyl (C=O) groups excluding carboxylic acids is 2. The number of hydrogen-bond donors (Lipinski definition) is 0. The van der Waals surface area contributed by atoms with Gasteiger partial charge in [0, 0.05) is 22.7 Å². The lowest BCUT2D eigenvalue weighted by Gasteiger charge is -2.11. The lowest BCUT2D eigenvalue weighted by Crippen LogP contribution is -2.11. The maximum atomic E-state index is 12.7. The number of aryl methyl sites for hydroxylation is 1. The molecule has 1 heterocycles. The van der Waals surface area contributed by atoms with Crippen LogP contribution in [0.15, 0.2) is 53.5 Å². The molecule has 9 heteroatoms. The van der Waals surface area contributed by atoms with E-state index < -0.39 is 16.9 Å². The summed E-state index contributed by atoms with van der Waals surface area (Å²) < 4.78 is 10.7. The van der Waals surface area contributed by atoms with Gasteiger partial charge in [0.2, 0.25) is 5.75 Å². The first-order valence-electron chi connectivity index (χ1n) is 10.9. The minimum Gasteiger partial charge on any atom is -0.462 e. The molecule has 0 aliphatic heterocycles. The Morgan fingerprint density at radius 2 is 1.85 bits per heavy atom. The largest absolute Gasteiger partial charge is 0.462 e. The van der Waals surface area contributed by atoms with Crippen LogP contribution in [0.25, 0.3) is 0 Å². The van der Waals surface area contributed by atoms with Gasteiger partial charge in [0.15, 0.2) is 0 Å². The maximum absolute atomic E-state index is 12.7. The molecule has 2 aromatic carbocycles. The molecule has 1 aromatic heterocycles. The Bertz CT molecular complexity index is 1270. The summed E-state index contributed by atoms with van der Waals surface area (Å²) in [4.78, 5) is 41.9. The van der Waals surface area contributed by atoms with Crippen LogP contribution in [0.5, 0.6) is 5.75 Å². The van der Waals surface area contributed by atoms with E-state index in [1.165, 1.54) is 29.7 Å². The van der Waals surface area contributed by atoms with Gasteiger partial charge in [0.1, 0.15) is 5.00 Å². The molecule has 0 saturated heterocycles. The van der Waals surface area contributed by atoms with E-state index in [9.17, 15) is 19.7 Å². The van der Waals surface area contributed by atoms with Gasteiger partial charge in [0.05, 0.1) is 22.7 Å². The molecule has 0 radical (unpaired) electrons. The van der Waals surface area contributed by atoms with E-state index in [0.29, 0.717) is 10.6 Å². The fraction of sp³-hybridized carbons (Fsp3) is 0.240. The second-order valence-corrected chi connectivity index (χ2v) is 8.66. The van der Waals surface area contributed by atoms with Crippen LogP contribution in [0.2, 0.25) is 0 Å². The molecule has 0 fully saturated rings. The monoisotopic (exact) mass is 478 g/mol. The van der Waals surface area contributed by atoms with Gasteiger partial charge < -0.3 is 9.47 Å². The number of nitro groups is 1. The van der Waals surface area contributed by atoms with Gasteiger partial charge in [-0.25, -0.2) is 14.6 Å². The van der Waals surface area contributed by atoms with Gasteiger partial charge in [-0.1, -0.05) is 24.3 Å². The lowest BCUT2D eigenvalue weighted by molar-refractivity contribution is -0.385. The van der Waals surface area contributed by atoms with E-state index in [1.807, 2.05) is 0 Å². The number of rotatable bonds is 7. The van der Waals surface area contributed by atoms with Crippen LogP contribution in [-0.2, 0) is 17.6 Å². The van der Waals surface area contributed by atoms with Crippen molar-refractivity contribution in [3.63, 3.8) is 0 Å². The number of thiophene rings is 1. The van der Waals surface area contributed by atoms with Crippen molar-refractivity contribution in [3.05, 3.63) is 85.8 Å². The SMILES string of the molecule is CCOC(=O)c1c(N=Cc2cccc([N+](=O)[O-])c2OC(=O)c2ccccc2)sc2c1CCCC2. The molecule has 1 aliphatic carbocycles. The summed E-state index contributed by atoms with van der Waals surface area (Å²) in [5.74, 6) is -1.35. The molecule has 0 atom stereocenters. The number of fused-ring (bicyclic) bond motifs is 1. The second kappa shape index (κ2) is 10.4. The normalized spacial score (nSPS) is 12.9. The summed E-state index contributed by atoms with van der Waals surface area (Å²) in [5, 5.41) is 12.1. The zero-order chi connectivity index (χ0) is 24.1. The molecule has 34 heavy (non-hydrogen) atoms. The molecule has 0 bridgehead atoms. The summed E-state index contributed by atoms with van der Waals surface area (Å²) in [5.41, 5.74) is 1.57. The fourth-order valence-electron chi connectivity index (χ4n) is 3.81. The van der Waals surface area contributed by atoms with Crippen molar-refractivity contribution in [2.24, 2.45) is 4.99 Å². The molecule has 4 rings (SSSR count). The zero-order valence-electron chi connectivity index (χ0n) is 18.5. The fourth-order valence-corrected chi connectivity index (χ4v) is 5.03. The van der Waals surface area contributed by atoms with Crippen molar-refractivity contribution >= 4 is 40.2 Å². The van der Waals surface area contributed by atoms with Crippen LogP contribution in [-0.4, -0.2) is 29.7 Å². The van der Waals surface area contributed by atoms with Crippen molar-refractivity contribution in [2.75, 3.05) is 6.61 Å². The minimum absolute atomic E-state index is 0.205. The van der Waals surface area contributed by atoms with Crippen LogP contribution < -0.4 is 4.74 Å². The first kappa shape index (κ1) is 23.3. The number of hydrogen-bond acceptors (Lipinski definition) is 8. The molecule has 0 N–H and O–H groups in total. The number of benzene rings is 2. The molecule has 8 nitrogen and oxygen atoms in total. The Kier molecular flexibility index (Phi) is 7.12. The lowest BCUT2D eigenvalue weighted by atomic mass is 9.95. The average molecular weight is 479 g/mol. The summed E-state index contributed by atoms with van der Waals surface area (Å²) in [6.07, 6.45) is 5.08. The van der Waals surface area contributed by atoms with E-state index in [2.05, 4.69) is 4.99 Å². The van der Waals surface area contributed by atoms with Crippen LogP contribution in [0, 0.1) is 10.1 Å². The summed E-state index contributed by atoms with van der Waals surface area (Å²) in [6, 6.07) is 12.5. The van der Waals surface area contributed by atoms with Gasteiger partial charge in [-0.3, -0.25) is 10.1 Å². The first-order valence-corrected chi connectivity index (χ1v) is 11.7. The van der Waals surface area contributed by atoms with Crippen LogP contribution in [0.4, 0.5) is 10.7 Å². The molecular weight excluding hydrogens is 456 g/mol. The summed E-state index contributed by atoms with van der Waals surface area (Å²) in [7, 11) is 0. The molecule has 0 unspecified atom stereocenters. The minimum atomic E-state index is -0.719. The zero-order valence-corrected chi connectivity index (χ0v) is 19.3. The Morgan fingerprint density at radius 1 is 1.09 bits per heavy atom. The average Bonchev–Trinajstić information content (AvgIpc) is 3.22. The topological polar surface area (TPSA) is 108 Å². The van der Waals surface area contributed by atoms with Gasteiger partial charge in [-0.05, 0) is 56.4 Å². The standard InChI is InChI=1S/C25H22N2O6S/c1-2-32-25(29)21-18-12-6-7-14-20(18)34-23(21)26-15-17-11-8-13-19(27(30)31)22(17)33-24(28)16-9-4-3-5-10-16/h3-5,8-11,13,15H,2,6-7,12,14H2,1H3. The molecule has 0 saturated carbocycles. The molecule has 0 amide bonds. The molecule has 174 valence electrons. The Morgan fingerprint density at radius 3 is 2.59 bits per heavy atom.